The number of anilines is 1. The summed E-state index contributed by atoms with van der Waals surface area (Å²) in [7, 11) is 0. The van der Waals surface area contributed by atoms with Crippen LogP contribution >= 0.6 is 24.0 Å². The van der Waals surface area contributed by atoms with E-state index in [-0.39, 0.29) is 175 Å². The van der Waals surface area contributed by atoms with Crippen molar-refractivity contribution in [2.75, 3.05) is 109 Å². The number of ether oxygens (including phenoxy) is 2. The molecule has 1 saturated heterocycles. The maximum Gasteiger partial charge on any atom is 0.340 e. The quantitative estimate of drug-likeness (QED) is 0.0130. The first-order valence-electron chi connectivity index (χ1n) is 42.5. The van der Waals surface area contributed by atoms with Crippen LogP contribution in [0.2, 0.25) is 0 Å². The Morgan fingerprint density at radius 3 is 1.66 bits per heavy atom. The van der Waals surface area contributed by atoms with Crippen molar-refractivity contribution in [2.24, 2.45) is 23.3 Å². The summed E-state index contributed by atoms with van der Waals surface area (Å²) in [6.45, 7) is 7.37. The molecule has 42 nitrogen and oxygen atoms in total. The molecule has 0 saturated carbocycles. The number of phenols is 2. The Balaban J connectivity index is 0.909. The van der Waals surface area contributed by atoms with Crippen LogP contribution in [0.1, 0.15) is 118 Å². The topological polar surface area (TPSA) is 617 Å². The molecule has 0 aliphatic carbocycles. The number of thiocarbonyl (C=S) groups is 1. The molecule has 3 aliphatic heterocycles. The zero-order valence-corrected chi connectivity index (χ0v) is 74.5. The highest BCUT2D eigenvalue weighted by Crippen LogP contribution is 2.57. The minimum absolute atomic E-state index is 0.0285. The van der Waals surface area contributed by atoms with Gasteiger partial charge in [0.1, 0.15) is 71.3 Å². The Morgan fingerprint density at radius 2 is 1.10 bits per heavy atom. The van der Waals surface area contributed by atoms with Crippen molar-refractivity contribution in [3.8, 4) is 23.0 Å². The van der Waals surface area contributed by atoms with Crippen LogP contribution in [0.3, 0.4) is 0 Å². The average Bonchev–Trinajstić information content (AvgIpc) is 1.50. The number of benzene rings is 4. The highest BCUT2D eigenvalue weighted by Gasteiger charge is 2.54. The van der Waals surface area contributed by atoms with Gasteiger partial charge in [-0.2, -0.15) is 11.8 Å². The fourth-order valence-corrected chi connectivity index (χ4v) is 16.0. The fraction of sp³-hybridized carbons (Fsp3) is 0.477. The van der Waals surface area contributed by atoms with Gasteiger partial charge in [0.05, 0.1) is 50.3 Å². The van der Waals surface area contributed by atoms with Gasteiger partial charge in [-0.3, -0.25) is 86.7 Å². The zero-order valence-electron chi connectivity index (χ0n) is 72.9. The number of fused-ring (bicyclic) bond motifs is 7. The number of carboxylic acids is 3. The van der Waals surface area contributed by atoms with Gasteiger partial charge in [-0.15, -0.1) is 0 Å². The number of para-hydroxylation sites is 1. The van der Waals surface area contributed by atoms with Crippen molar-refractivity contribution in [2.45, 2.75) is 146 Å². The number of H-pyrrole nitrogens is 2. The Morgan fingerprint density at radius 1 is 0.562 bits per heavy atom. The summed E-state index contributed by atoms with van der Waals surface area (Å²) in [5.74, 6) is -13.5. The predicted molar refractivity (Wildman–Crippen MR) is 478 cm³/mol. The smallest absolute Gasteiger partial charge is 0.340 e. The molecule has 8 atom stereocenters. The second-order valence-electron chi connectivity index (χ2n) is 32.8. The molecule has 2 aromatic heterocycles. The molecule has 6 aromatic rings. The normalized spacial score (nSPS) is 15.9. The second kappa shape index (κ2) is 47.9. The lowest BCUT2D eigenvalue weighted by Gasteiger charge is -2.36. The molecule has 0 bridgehead atoms. The van der Waals surface area contributed by atoms with Crippen LogP contribution in [-0.2, 0) is 90.3 Å². The number of rotatable bonds is 45. The number of nitrogens with zero attached hydrogens (tertiary/aromatic N) is 5. The summed E-state index contributed by atoms with van der Waals surface area (Å²) in [6, 6.07) is 9.27. The highest BCUT2D eigenvalue weighted by molar-refractivity contribution is 7.98. The Bertz CT molecular complexity index is 5010. The standard InChI is InChI=1S/C86H114N20O22S2/c1-47(2)33-64(81(123)97-61(76(88)118)22-32-130-6)99-82(124)66(36-52-40-89-46-93-52)96-70(110)41-92-83(125)75(48(3)4)102-77(119)49(5)94-80(122)65(34-50-39-91-60-12-8-7-11-55(50)60)100-79(121)63(20-21-69(87)109)98-78(120)62(13-9-10-23-90-71(111)42-103-24-26-104(43-72(112)113)28-30-106(45-74(116)117)31-29-105(27-25-103)44-73(114)115)101-85(129)95-51-14-17-57-56(35-51)84(126)128-86(57)58-18-15-53(107)37-67(58)127-68-38-54(108)16-19-59(68)86/h7-8,11-12,14-19,35,37-40,46-49,61-66,75,91,107-108H,9-10,13,20-34,36,41-45H2,1-6H3,(H2,87,109)(H2,88,118)(H,89,93)(H,90,111)(H,92,125)(H,94,122)(H,96,110)(H,97,123)(H,98,120)(H,99,124)(H,100,121)(H,102,119)(H,112,113)(H,114,115)(H,116,117)(H2,95,101,129)/t49-,61-,62-,63-,64-,65-,66-,75-/m0/s1. The summed E-state index contributed by atoms with van der Waals surface area (Å²) in [5.41, 5.74) is 12.5. The van der Waals surface area contributed by atoms with Gasteiger partial charge >= 0.3 is 23.9 Å². The molecule has 1 spiro atoms. The van der Waals surface area contributed by atoms with E-state index in [1.165, 1.54) is 61.5 Å². The van der Waals surface area contributed by atoms with Gasteiger partial charge in [-0.1, -0.05) is 52.0 Å². The number of nitrogens with one attached hydrogen (secondary N) is 13. The van der Waals surface area contributed by atoms with Crippen LogP contribution in [0.25, 0.3) is 10.9 Å². The number of nitrogens with two attached hydrogens (primary N) is 2. The van der Waals surface area contributed by atoms with E-state index < -0.39 is 168 Å². The van der Waals surface area contributed by atoms with Crippen molar-refractivity contribution in [1.29, 1.82) is 0 Å². The number of primary amides is 2. The number of hydrogen-bond donors (Lipinski definition) is 20. The molecule has 702 valence electrons. The molecule has 4 aromatic carbocycles. The maximum atomic E-state index is 15.2. The van der Waals surface area contributed by atoms with Crippen molar-refractivity contribution >= 4 is 135 Å². The second-order valence-corrected chi connectivity index (χ2v) is 34.2. The number of amides is 11. The number of imidazole rings is 1. The van der Waals surface area contributed by atoms with E-state index in [9.17, 15) is 87.9 Å². The van der Waals surface area contributed by atoms with Crippen molar-refractivity contribution in [3.63, 3.8) is 0 Å². The van der Waals surface area contributed by atoms with E-state index in [1.807, 2.05) is 20.1 Å². The van der Waals surface area contributed by atoms with Crippen LogP contribution in [0.15, 0.2) is 97.6 Å². The Labute approximate surface area is 758 Å². The van der Waals surface area contributed by atoms with E-state index in [4.69, 9.17) is 33.2 Å². The number of unbranched alkanes of at least 4 members (excludes halogenated alkanes) is 1. The third-order valence-electron chi connectivity index (χ3n) is 22.0. The first-order chi connectivity index (χ1) is 61.9. The Hall–Kier alpha value is -13.0. The highest BCUT2D eigenvalue weighted by atomic mass is 32.2. The van der Waals surface area contributed by atoms with Crippen LogP contribution in [0.4, 0.5) is 5.69 Å². The summed E-state index contributed by atoms with van der Waals surface area (Å²) >= 11 is 7.32. The first kappa shape index (κ1) is 101. The molecular formula is C86H114N20O22S2. The third kappa shape index (κ3) is 29.2. The number of aromatic amines is 2. The summed E-state index contributed by atoms with van der Waals surface area (Å²) in [4.78, 5) is 220. The van der Waals surface area contributed by atoms with Crippen molar-refractivity contribution in [1.82, 2.24) is 87.7 Å². The number of esters is 1. The number of aromatic nitrogens is 3. The zero-order chi connectivity index (χ0) is 94.6. The summed E-state index contributed by atoms with van der Waals surface area (Å²) in [6.07, 6.45) is 5.55. The van der Waals surface area contributed by atoms with Gasteiger partial charge in [-0.05, 0) is 130 Å². The molecule has 1 fully saturated rings. The van der Waals surface area contributed by atoms with Gasteiger partial charge in [0.15, 0.2) is 10.7 Å². The van der Waals surface area contributed by atoms with Gasteiger partial charge in [0, 0.05) is 136 Å². The van der Waals surface area contributed by atoms with E-state index >= 15 is 9.59 Å². The lowest BCUT2D eigenvalue weighted by molar-refractivity contribution is -0.140. The van der Waals surface area contributed by atoms with Gasteiger partial charge in [0.25, 0.3) is 0 Å². The molecule has 44 heteroatoms. The number of carbonyl (C=O) groups excluding carboxylic acids is 12. The number of aliphatic carboxylic acids is 3. The van der Waals surface area contributed by atoms with Crippen molar-refractivity contribution in [3.05, 3.63) is 131 Å². The third-order valence-corrected chi connectivity index (χ3v) is 22.8. The molecular weight excluding hydrogens is 1730 g/mol. The molecule has 130 heavy (non-hydrogen) atoms. The van der Waals surface area contributed by atoms with Crippen LogP contribution in [0.5, 0.6) is 23.0 Å². The molecule has 5 heterocycles. The van der Waals surface area contributed by atoms with Crippen molar-refractivity contribution < 1.29 is 107 Å². The SMILES string of the molecule is CSCC[C@H](NC(=O)[C@H](CC(C)C)NC(=O)[C@H](Cc1c[nH]cn1)NC(=O)CNC(=O)[C@@H](NC(=O)[C@H](C)NC(=O)[C@H](Cc1c[nH]c2ccccc12)NC(=O)[C@H](CCC(N)=O)NC(=O)[C@H](CCCCNC(=O)CN1CCN(CC(=O)O)CCN(CC(=O)O)CCN(CC(=O)O)CC1)NC(=S)Nc1ccc2c(c1)C(=O)OC21c2ccc(O)cc2Oc2cc(O)ccc21)C(C)C)C(N)=O. The predicted octanol–water partition coefficient (Wildman–Crippen LogP) is -0.492. The average molecular weight is 1840 g/mol. The van der Waals surface area contributed by atoms with E-state index in [0.29, 0.717) is 44.6 Å². The fourth-order valence-electron chi connectivity index (χ4n) is 15.3. The van der Waals surface area contributed by atoms with E-state index in [1.54, 1.807) is 88.2 Å². The van der Waals surface area contributed by atoms with Gasteiger partial charge < -0.3 is 115 Å². The monoisotopic (exact) mass is 1840 g/mol. The number of carbonyl (C=O) groups is 15. The number of aromatic hydroxyl groups is 2. The van der Waals surface area contributed by atoms with Crippen LogP contribution in [0, 0.1) is 11.8 Å². The lowest BCUT2D eigenvalue weighted by Crippen LogP contribution is -2.60. The molecule has 3 aliphatic rings. The molecule has 0 radical (unpaired) electrons. The minimum Gasteiger partial charge on any atom is -0.508 e. The molecule has 0 unspecified atom stereocenters. The van der Waals surface area contributed by atoms with E-state index in [0.717, 1.165) is 0 Å². The molecule has 11 amide bonds. The number of hydrogen-bond acceptors (Lipinski definition) is 26. The summed E-state index contributed by atoms with van der Waals surface area (Å²) < 4.78 is 12.4. The van der Waals surface area contributed by atoms with Gasteiger partial charge in [0.2, 0.25) is 65.0 Å². The largest absolute Gasteiger partial charge is 0.508 e. The lowest BCUT2D eigenvalue weighted by atomic mass is 9.77. The number of carboxylic acid groups (broad SMARTS) is 3. The molecule has 22 N–H and O–H groups in total. The minimum atomic E-state index is -1.65. The number of thioether (sulfide) groups is 1. The van der Waals surface area contributed by atoms with Crippen LogP contribution < -0.4 is 74.7 Å². The number of phenolic OH excluding ortho intramolecular Hbond substituents is 2. The van der Waals surface area contributed by atoms with Gasteiger partial charge in [-0.25, -0.2) is 9.78 Å². The van der Waals surface area contributed by atoms with E-state index in [2.05, 4.69) is 73.4 Å². The Kier molecular flexibility index (Phi) is 37.1. The summed E-state index contributed by atoms with van der Waals surface area (Å²) in [5, 5.41) is 80.6. The van der Waals surface area contributed by atoms with Crippen LogP contribution in [-0.4, -0.2) is 306 Å². The maximum absolute atomic E-state index is 15.2. The first-order valence-corrected chi connectivity index (χ1v) is 44.3. The molecule has 9 rings (SSSR count).